The maximum absolute atomic E-state index is 13.1. The van der Waals surface area contributed by atoms with Crippen molar-refractivity contribution in [1.29, 1.82) is 0 Å². The summed E-state index contributed by atoms with van der Waals surface area (Å²) in [4.78, 5) is 3.95. The first kappa shape index (κ1) is 10.1. The van der Waals surface area contributed by atoms with E-state index < -0.39 is 0 Å². The van der Waals surface area contributed by atoms with E-state index in [1.807, 2.05) is 13.8 Å². The highest BCUT2D eigenvalue weighted by Gasteiger charge is 2.11. The molecule has 0 saturated carbocycles. The average molecular weight is 182 g/mol. The Labute approximate surface area is 78.0 Å². The second kappa shape index (κ2) is 4.33. The molecule has 0 spiro atoms. The van der Waals surface area contributed by atoms with Crippen LogP contribution >= 0.6 is 0 Å². The van der Waals surface area contributed by atoms with Crippen LogP contribution in [0.3, 0.4) is 0 Å². The van der Waals surface area contributed by atoms with Crippen molar-refractivity contribution in [2.45, 2.75) is 26.3 Å². The van der Waals surface area contributed by atoms with E-state index in [1.165, 1.54) is 6.07 Å². The molecule has 13 heavy (non-hydrogen) atoms. The minimum Gasteiger partial charge on any atom is -0.327 e. The Kier molecular flexibility index (Phi) is 3.37. The number of nitrogens with zero attached hydrogens (tertiary/aromatic N) is 1. The van der Waals surface area contributed by atoms with E-state index in [0.29, 0.717) is 18.0 Å². The second-order valence-electron chi connectivity index (χ2n) is 3.54. The maximum atomic E-state index is 13.1. The predicted octanol–water partition coefficient (Wildman–Crippen LogP) is 1.75. The van der Waals surface area contributed by atoms with Crippen molar-refractivity contribution >= 4 is 0 Å². The molecule has 1 aromatic heterocycles. The molecule has 1 rings (SSSR count). The van der Waals surface area contributed by atoms with Crippen molar-refractivity contribution in [3.05, 3.63) is 29.8 Å². The summed E-state index contributed by atoms with van der Waals surface area (Å²) in [6, 6.07) is 2.97. The lowest BCUT2D eigenvalue weighted by Gasteiger charge is -2.14. The second-order valence-corrected chi connectivity index (χ2v) is 3.54. The van der Waals surface area contributed by atoms with Crippen molar-refractivity contribution in [2.75, 3.05) is 0 Å². The van der Waals surface area contributed by atoms with Crippen LogP contribution in [0.15, 0.2) is 18.3 Å². The van der Waals surface area contributed by atoms with Gasteiger partial charge in [-0.3, -0.25) is 4.98 Å². The van der Waals surface area contributed by atoms with Crippen LogP contribution in [0.25, 0.3) is 0 Å². The number of nitrogens with two attached hydrogens (primary N) is 1. The van der Waals surface area contributed by atoms with Gasteiger partial charge in [-0.1, -0.05) is 13.8 Å². The van der Waals surface area contributed by atoms with Gasteiger partial charge in [-0.15, -0.1) is 0 Å². The van der Waals surface area contributed by atoms with Gasteiger partial charge in [0.15, 0.2) is 0 Å². The predicted molar refractivity (Wildman–Crippen MR) is 50.7 cm³/mol. The quantitative estimate of drug-likeness (QED) is 0.773. The maximum Gasteiger partial charge on any atom is 0.144 e. The van der Waals surface area contributed by atoms with Gasteiger partial charge in [-0.25, -0.2) is 4.39 Å². The molecule has 1 atom stereocenters. The molecule has 0 aromatic carbocycles. The van der Waals surface area contributed by atoms with Crippen LogP contribution in [-0.2, 0) is 6.42 Å². The Balaban J connectivity index is 2.69. The van der Waals surface area contributed by atoms with Gasteiger partial charge in [-0.05, 0) is 18.1 Å². The molecule has 0 bridgehead atoms. The standard InChI is InChI=1S/C10H15FN2/c1-7(2)9(12)6-10-8(11)4-3-5-13-10/h3-5,7,9H,6,12H2,1-2H3. The zero-order valence-electron chi connectivity index (χ0n) is 8.00. The van der Waals surface area contributed by atoms with Gasteiger partial charge < -0.3 is 5.73 Å². The minimum atomic E-state index is -0.265. The minimum absolute atomic E-state index is 0.0237. The lowest BCUT2D eigenvalue weighted by atomic mass is 10.00. The molecule has 1 unspecified atom stereocenters. The van der Waals surface area contributed by atoms with E-state index in [4.69, 9.17) is 5.73 Å². The van der Waals surface area contributed by atoms with Crippen molar-refractivity contribution in [2.24, 2.45) is 11.7 Å². The summed E-state index contributed by atoms with van der Waals surface area (Å²) < 4.78 is 13.1. The van der Waals surface area contributed by atoms with Gasteiger partial charge in [0, 0.05) is 18.7 Å². The lowest BCUT2D eigenvalue weighted by Crippen LogP contribution is -2.29. The molecule has 0 aliphatic rings. The third kappa shape index (κ3) is 2.77. The molecule has 2 nitrogen and oxygen atoms in total. The van der Waals surface area contributed by atoms with E-state index in [2.05, 4.69) is 4.98 Å². The van der Waals surface area contributed by atoms with Crippen molar-refractivity contribution in [3.63, 3.8) is 0 Å². The summed E-state index contributed by atoms with van der Waals surface area (Å²) in [6.07, 6.45) is 2.09. The smallest absolute Gasteiger partial charge is 0.144 e. The van der Waals surface area contributed by atoms with Crippen LogP contribution in [0.1, 0.15) is 19.5 Å². The number of aromatic nitrogens is 1. The summed E-state index contributed by atoms with van der Waals surface area (Å²) in [5.41, 5.74) is 6.27. The summed E-state index contributed by atoms with van der Waals surface area (Å²) >= 11 is 0. The molecule has 0 fully saturated rings. The molecule has 0 amide bonds. The largest absolute Gasteiger partial charge is 0.327 e. The summed E-state index contributed by atoms with van der Waals surface area (Å²) in [6.45, 7) is 4.04. The van der Waals surface area contributed by atoms with E-state index in [9.17, 15) is 4.39 Å². The van der Waals surface area contributed by atoms with Gasteiger partial charge in [-0.2, -0.15) is 0 Å². The van der Waals surface area contributed by atoms with Crippen LogP contribution in [-0.4, -0.2) is 11.0 Å². The molecule has 1 heterocycles. The first-order valence-corrected chi connectivity index (χ1v) is 4.46. The Hall–Kier alpha value is -0.960. The zero-order valence-corrected chi connectivity index (χ0v) is 8.00. The Morgan fingerprint density at radius 3 is 2.77 bits per heavy atom. The Morgan fingerprint density at radius 2 is 2.23 bits per heavy atom. The third-order valence-corrected chi connectivity index (χ3v) is 2.12. The van der Waals surface area contributed by atoms with E-state index in [1.54, 1.807) is 12.3 Å². The SMILES string of the molecule is CC(C)C(N)Cc1ncccc1F. The molecule has 0 radical (unpaired) electrons. The zero-order chi connectivity index (χ0) is 9.84. The topological polar surface area (TPSA) is 38.9 Å². The number of pyridine rings is 1. The van der Waals surface area contributed by atoms with E-state index in [0.717, 1.165) is 0 Å². The molecular weight excluding hydrogens is 167 g/mol. The molecule has 0 aliphatic heterocycles. The Morgan fingerprint density at radius 1 is 1.54 bits per heavy atom. The van der Waals surface area contributed by atoms with Gasteiger partial charge >= 0.3 is 0 Å². The van der Waals surface area contributed by atoms with Gasteiger partial charge in [0.2, 0.25) is 0 Å². The summed E-state index contributed by atoms with van der Waals surface area (Å²) in [7, 11) is 0. The van der Waals surface area contributed by atoms with Crippen LogP contribution in [0, 0.1) is 11.7 Å². The highest BCUT2D eigenvalue weighted by Crippen LogP contribution is 2.09. The monoisotopic (exact) mass is 182 g/mol. The van der Waals surface area contributed by atoms with Crippen LogP contribution in [0.4, 0.5) is 4.39 Å². The molecule has 0 saturated heterocycles. The van der Waals surface area contributed by atoms with Crippen molar-refractivity contribution in [1.82, 2.24) is 4.98 Å². The number of rotatable bonds is 3. The fourth-order valence-corrected chi connectivity index (χ4v) is 1.03. The highest BCUT2D eigenvalue weighted by atomic mass is 19.1. The molecule has 3 heteroatoms. The number of halogens is 1. The number of hydrogen-bond donors (Lipinski definition) is 1. The number of hydrogen-bond acceptors (Lipinski definition) is 2. The van der Waals surface area contributed by atoms with E-state index in [-0.39, 0.29) is 11.9 Å². The fourth-order valence-electron chi connectivity index (χ4n) is 1.03. The van der Waals surface area contributed by atoms with Crippen molar-refractivity contribution in [3.8, 4) is 0 Å². The molecule has 72 valence electrons. The van der Waals surface area contributed by atoms with Gasteiger partial charge in [0.25, 0.3) is 0 Å². The Bertz CT molecular complexity index is 273. The summed E-state index contributed by atoms with van der Waals surface area (Å²) in [5, 5.41) is 0. The normalized spacial score (nSPS) is 13.3. The van der Waals surface area contributed by atoms with Crippen LogP contribution in [0.5, 0.6) is 0 Å². The highest BCUT2D eigenvalue weighted by molar-refractivity contribution is 5.08. The van der Waals surface area contributed by atoms with Gasteiger partial charge in [0.05, 0.1) is 5.69 Å². The van der Waals surface area contributed by atoms with E-state index >= 15 is 0 Å². The molecule has 0 aliphatic carbocycles. The first-order valence-electron chi connectivity index (χ1n) is 4.46. The molecule has 1 aromatic rings. The first-order chi connectivity index (χ1) is 6.11. The van der Waals surface area contributed by atoms with Crippen LogP contribution < -0.4 is 5.73 Å². The average Bonchev–Trinajstić information content (AvgIpc) is 2.08. The summed E-state index contributed by atoms with van der Waals surface area (Å²) in [5.74, 6) is 0.0833. The fraction of sp³-hybridized carbons (Fsp3) is 0.500. The lowest BCUT2D eigenvalue weighted by molar-refractivity contribution is 0.473. The third-order valence-electron chi connectivity index (χ3n) is 2.12. The van der Waals surface area contributed by atoms with Crippen molar-refractivity contribution < 1.29 is 4.39 Å². The molecular formula is C10H15FN2. The van der Waals surface area contributed by atoms with Gasteiger partial charge in [0.1, 0.15) is 5.82 Å². The van der Waals surface area contributed by atoms with Crippen LogP contribution in [0.2, 0.25) is 0 Å². The molecule has 2 N–H and O–H groups in total.